The minimum Gasteiger partial charge on any atom is -0.508 e. The van der Waals surface area contributed by atoms with Crippen LogP contribution in [0.3, 0.4) is 0 Å². The number of aromatic hydroxyl groups is 1. The van der Waals surface area contributed by atoms with Crippen LogP contribution < -0.4 is 0 Å². The van der Waals surface area contributed by atoms with Gasteiger partial charge in [0.05, 0.1) is 22.1 Å². The number of cyclic esters (lactones) is 1. The van der Waals surface area contributed by atoms with Crippen LogP contribution in [0.2, 0.25) is 0 Å². The smallest absolute Gasteiger partial charge is 0.316 e. The first-order valence-electron chi connectivity index (χ1n) is 12.8. The standard InChI is InChI=1S/C31H31NO6S/c1-18-13-19(2)27(20(3)14-18)26-16-24-29(31(34)38-26)28(21-9-8-10-22(33)15-21)30(25(32-24)17-37-4)39(35,36)23-11-6-5-7-12-23/h5-15,26,28-29,33H,16-17H2,1-4H3. The molecule has 7 nitrogen and oxygen atoms in total. The van der Waals surface area contributed by atoms with E-state index >= 15 is 0 Å². The number of ether oxygens (including phenoxy) is 2. The number of rotatable bonds is 6. The van der Waals surface area contributed by atoms with E-state index in [-0.39, 0.29) is 27.9 Å². The summed E-state index contributed by atoms with van der Waals surface area (Å²) in [5.74, 6) is -2.50. The first kappa shape index (κ1) is 26.8. The topological polar surface area (TPSA) is 102 Å². The van der Waals surface area contributed by atoms with Gasteiger partial charge < -0.3 is 14.6 Å². The number of fused-ring (bicyclic) bond motifs is 1. The Kier molecular flexibility index (Phi) is 7.18. The zero-order valence-corrected chi connectivity index (χ0v) is 23.2. The van der Waals surface area contributed by atoms with Gasteiger partial charge in [-0.05, 0) is 67.3 Å². The average Bonchev–Trinajstić information content (AvgIpc) is 2.88. The van der Waals surface area contributed by atoms with E-state index in [9.17, 15) is 18.3 Å². The zero-order chi connectivity index (χ0) is 27.9. The van der Waals surface area contributed by atoms with Crippen LogP contribution in [0.1, 0.15) is 46.3 Å². The number of hydrogen-bond donors (Lipinski definition) is 1. The van der Waals surface area contributed by atoms with Gasteiger partial charge in [0, 0.05) is 25.2 Å². The number of esters is 1. The summed E-state index contributed by atoms with van der Waals surface area (Å²) in [6, 6.07) is 18.5. The highest BCUT2D eigenvalue weighted by Crippen LogP contribution is 2.48. The molecule has 0 spiro atoms. The van der Waals surface area contributed by atoms with Gasteiger partial charge in [-0.1, -0.05) is 48.0 Å². The van der Waals surface area contributed by atoms with Crippen molar-refractivity contribution in [1.29, 1.82) is 0 Å². The minimum atomic E-state index is -4.10. The molecule has 1 fully saturated rings. The molecule has 2 aliphatic heterocycles. The van der Waals surface area contributed by atoms with Crippen LogP contribution in [0.15, 0.2) is 87.2 Å². The van der Waals surface area contributed by atoms with Gasteiger partial charge in [-0.3, -0.25) is 9.79 Å². The number of aryl methyl sites for hydroxylation is 3. The molecule has 202 valence electrons. The zero-order valence-electron chi connectivity index (χ0n) is 22.3. The molecule has 0 saturated carbocycles. The second kappa shape index (κ2) is 10.4. The Hall–Kier alpha value is -3.75. The highest BCUT2D eigenvalue weighted by molar-refractivity contribution is 7.95. The lowest BCUT2D eigenvalue weighted by Crippen LogP contribution is -2.43. The highest BCUT2D eigenvalue weighted by atomic mass is 32.2. The molecular weight excluding hydrogens is 514 g/mol. The van der Waals surface area contributed by atoms with Crippen molar-refractivity contribution in [2.24, 2.45) is 10.9 Å². The molecule has 1 N–H and O–H groups in total. The Morgan fingerprint density at radius 3 is 2.31 bits per heavy atom. The number of sulfone groups is 1. The number of phenols is 1. The molecule has 0 aliphatic carbocycles. The second-order valence-corrected chi connectivity index (χ2v) is 12.1. The molecule has 2 aliphatic rings. The van der Waals surface area contributed by atoms with Gasteiger partial charge in [-0.2, -0.15) is 0 Å². The summed E-state index contributed by atoms with van der Waals surface area (Å²) in [5.41, 5.74) is 5.36. The number of allylic oxidation sites excluding steroid dienone is 1. The molecule has 3 atom stereocenters. The number of aliphatic imine (C=N–C) groups is 1. The third kappa shape index (κ3) is 4.90. The van der Waals surface area contributed by atoms with Crippen LogP contribution in [0, 0.1) is 26.7 Å². The highest BCUT2D eigenvalue weighted by Gasteiger charge is 2.49. The van der Waals surface area contributed by atoms with E-state index in [1.807, 2.05) is 20.8 Å². The van der Waals surface area contributed by atoms with Gasteiger partial charge in [-0.25, -0.2) is 8.42 Å². The van der Waals surface area contributed by atoms with Crippen molar-refractivity contribution in [2.75, 3.05) is 13.7 Å². The van der Waals surface area contributed by atoms with Gasteiger partial charge in [0.1, 0.15) is 17.8 Å². The van der Waals surface area contributed by atoms with Crippen molar-refractivity contribution in [3.05, 3.63) is 105 Å². The number of nitrogens with zero attached hydrogens (tertiary/aromatic N) is 1. The maximum atomic E-state index is 14.1. The van der Waals surface area contributed by atoms with E-state index in [2.05, 4.69) is 12.1 Å². The van der Waals surface area contributed by atoms with Crippen LogP contribution in [-0.4, -0.2) is 38.9 Å². The van der Waals surface area contributed by atoms with Gasteiger partial charge >= 0.3 is 5.97 Å². The first-order chi connectivity index (χ1) is 18.6. The monoisotopic (exact) mass is 545 g/mol. The third-order valence-electron chi connectivity index (χ3n) is 7.36. The van der Waals surface area contributed by atoms with Gasteiger partial charge in [0.2, 0.25) is 9.84 Å². The van der Waals surface area contributed by atoms with Crippen molar-refractivity contribution in [3.63, 3.8) is 0 Å². The summed E-state index contributed by atoms with van der Waals surface area (Å²) in [4.78, 5) is 18.7. The summed E-state index contributed by atoms with van der Waals surface area (Å²) >= 11 is 0. The second-order valence-electron chi connectivity index (χ2n) is 10.2. The number of phenolic OH excluding ortho intramolecular Hbond substituents is 1. The molecule has 8 heteroatoms. The Balaban J connectivity index is 1.73. The number of carbonyl (C=O) groups is 1. The SMILES string of the molecule is COCC1=C(S(=O)(=O)c2ccccc2)C(c2cccc(O)c2)C2C(=O)OC(c3c(C)cc(C)cc3C)CC2=N1. The van der Waals surface area contributed by atoms with Crippen LogP contribution >= 0.6 is 0 Å². The fraction of sp³-hybridized carbons (Fsp3) is 0.290. The summed E-state index contributed by atoms with van der Waals surface area (Å²) in [6.45, 7) is 5.95. The maximum Gasteiger partial charge on any atom is 0.316 e. The fourth-order valence-corrected chi connectivity index (χ4v) is 7.71. The lowest BCUT2D eigenvalue weighted by atomic mass is 9.76. The van der Waals surface area contributed by atoms with Gasteiger partial charge in [0.25, 0.3) is 0 Å². The van der Waals surface area contributed by atoms with Crippen LogP contribution in [0.5, 0.6) is 5.75 Å². The van der Waals surface area contributed by atoms with Gasteiger partial charge in [0.15, 0.2) is 0 Å². The lowest BCUT2D eigenvalue weighted by Gasteiger charge is -2.39. The van der Waals surface area contributed by atoms with E-state index in [0.717, 1.165) is 22.3 Å². The normalized spacial score (nSPS) is 21.3. The summed E-state index contributed by atoms with van der Waals surface area (Å²) < 4.78 is 39.7. The summed E-state index contributed by atoms with van der Waals surface area (Å²) in [6.07, 6.45) is -0.225. The number of benzene rings is 3. The Morgan fingerprint density at radius 2 is 1.67 bits per heavy atom. The van der Waals surface area contributed by atoms with Gasteiger partial charge in [-0.15, -0.1) is 0 Å². The summed E-state index contributed by atoms with van der Waals surface area (Å²) in [7, 11) is -2.62. The molecule has 0 radical (unpaired) electrons. The average molecular weight is 546 g/mol. The van der Waals surface area contributed by atoms with E-state index in [4.69, 9.17) is 14.5 Å². The predicted octanol–water partition coefficient (Wildman–Crippen LogP) is 5.49. The lowest BCUT2D eigenvalue weighted by molar-refractivity contribution is -0.154. The van der Waals surface area contributed by atoms with Crippen molar-refractivity contribution >= 4 is 21.5 Å². The van der Waals surface area contributed by atoms with Crippen molar-refractivity contribution in [1.82, 2.24) is 0 Å². The Labute approximate surface area is 228 Å². The largest absolute Gasteiger partial charge is 0.508 e. The molecule has 3 aromatic carbocycles. The quantitative estimate of drug-likeness (QED) is 0.411. The van der Waals surface area contributed by atoms with E-state index < -0.39 is 33.7 Å². The molecule has 3 aromatic rings. The molecular formula is C31H31NO6S. The third-order valence-corrected chi connectivity index (χ3v) is 9.32. The molecule has 1 saturated heterocycles. The molecule has 2 heterocycles. The molecule has 0 bridgehead atoms. The maximum absolute atomic E-state index is 14.1. The minimum absolute atomic E-state index is 0.0204. The number of methoxy groups -OCH3 is 1. The van der Waals surface area contributed by atoms with Crippen LogP contribution in [0.4, 0.5) is 0 Å². The van der Waals surface area contributed by atoms with E-state index in [1.54, 1.807) is 30.3 Å². The van der Waals surface area contributed by atoms with Crippen molar-refractivity contribution in [3.8, 4) is 5.75 Å². The molecule has 0 aromatic heterocycles. The van der Waals surface area contributed by atoms with Crippen LogP contribution in [-0.2, 0) is 24.1 Å². The Morgan fingerprint density at radius 1 is 0.974 bits per heavy atom. The fourth-order valence-electron chi connectivity index (χ4n) is 5.92. The van der Waals surface area contributed by atoms with E-state index in [1.165, 1.54) is 31.4 Å². The number of carbonyl (C=O) groups excluding carboxylic acids is 1. The van der Waals surface area contributed by atoms with E-state index in [0.29, 0.717) is 17.7 Å². The first-order valence-corrected chi connectivity index (χ1v) is 14.3. The van der Waals surface area contributed by atoms with Crippen LogP contribution in [0.25, 0.3) is 0 Å². The van der Waals surface area contributed by atoms with Crippen molar-refractivity contribution in [2.45, 2.75) is 44.1 Å². The molecule has 0 amide bonds. The predicted molar refractivity (Wildman–Crippen MR) is 148 cm³/mol. The Bertz CT molecular complexity index is 1580. The number of hydrogen-bond acceptors (Lipinski definition) is 7. The molecule has 3 unspecified atom stereocenters. The van der Waals surface area contributed by atoms with Crippen molar-refractivity contribution < 1.29 is 27.8 Å². The summed E-state index contributed by atoms with van der Waals surface area (Å²) in [5, 5.41) is 10.3. The molecule has 39 heavy (non-hydrogen) atoms. The molecule has 5 rings (SSSR count).